The smallest absolute Gasteiger partial charge is 0.321 e. The van der Waals surface area contributed by atoms with Gasteiger partial charge in [0, 0.05) is 42.8 Å². The summed E-state index contributed by atoms with van der Waals surface area (Å²) in [5.74, 6) is -0.265. The van der Waals surface area contributed by atoms with Crippen molar-refractivity contribution >= 4 is 22.9 Å². The van der Waals surface area contributed by atoms with Crippen LogP contribution in [-0.4, -0.2) is 27.5 Å². The summed E-state index contributed by atoms with van der Waals surface area (Å²) in [5, 5.41) is 1.56. The Morgan fingerprint density at radius 3 is 2.42 bits per heavy atom. The quantitative estimate of drug-likeness (QED) is 0.352. The number of likely N-dealkylation sites (tertiary alicyclic amines) is 1. The van der Waals surface area contributed by atoms with Crippen molar-refractivity contribution in [1.29, 1.82) is 0 Å². The van der Waals surface area contributed by atoms with Crippen LogP contribution in [0.3, 0.4) is 0 Å². The van der Waals surface area contributed by atoms with Gasteiger partial charge in [-0.3, -0.25) is 14.5 Å². The van der Waals surface area contributed by atoms with Crippen molar-refractivity contribution in [3.63, 3.8) is 0 Å². The molecule has 0 bridgehead atoms. The van der Waals surface area contributed by atoms with Crippen LogP contribution in [0.25, 0.3) is 17.2 Å². The molecule has 0 aliphatic carbocycles. The van der Waals surface area contributed by atoms with Gasteiger partial charge in [0.15, 0.2) is 6.17 Å². The monoisotopic (exact) mass is 531 g/mol. The Bertz CT molecular complexity index is 1840. The number of anilines is 1. The Morgan fingerprint density at radius 1 is 0.875 bits per heavy atom. The average molecular weight is 532 g/mol. The molecule has 2 aliphatic heterocycles. The third-order valence-electron chi connectivity index (χ3n) is 8.08. The third kappa shape index (κ3) is 4.62. The van der Waals surface area contributed by atoms with Crippen LogP contribution in [-0.2, 0) is 6.54 Å². The number of nitrogens with zero attached hydrogens (tertiary/aromatic N) is 4. The standard InChI is InChI=1S/C33H30FN5O/c34-26-14-15-29-25(20-26)22-38(27-6-2-1-3-7-27)32(35-29)24-12-10-23(11-13-24)21-37-18-16-28(17-19-37)39-31-9-5-4-8-30(31)36-33(39)40/h1-15,20,22,28,32H,16-19,21H2,(H,36,40). The van der Waals surface area contributed by atoms with Crippen LogP contribution in [0.4, 0.5) is 10.1 Å². The maximum absolute atomic E-state index is 14.0. The van der Waals surface area contributed by atoms with Gasteiger partial charge in [-0.25, -0.2) is 9.18 Å². The van der Waals surface area contributed by atoms with Gasteiger partial charge in [-0.05, 0) is 66.4 Å². The van der Waals surface area contributed by atoms with Gasteiger partial charge in [0.25, 0.3) is 0 Å². The first-order valence-electron chi connectivity index (χ1n) is 13.8. The minimum Gasteiger partial charge on any atom is -0.321 e. The molecule has 0 spiro atoms. The van der Waals surface area contributed by atoms with E-state index in [1.807, 2.05) is 65.4 Å². The van der Waals surface area contributed by atoms with Gasteiger partial charge >= 0.3 is 5.69 Å². The molecule has 2 aliphatic rings. The lowest BCUT2D eigenvalue weighted by molar-refractivity contribution is 0.180. The van der Waals surface area contributed by atoms with Gasteiger partial charge in [0.05, 0.1) is 16.4 Å². The molecule has 0 radical (unpaired) electrons. The summed E-state index contributed by atoms with van der Waals surface area (Å²) in [7, 11) is 0. The average Bonchev–Trinajstić information content (AvgIpc) is 3.33. The number of para-hydroxylation sites is 3. The van der Waals surface area contributed by atoms with E-state index in [0.29, 0.717) is 0 Å². The molecule has 40 heavy (non-hydrogen) atoms. The zero-order valence-corrected chi connectivity index (χ0v) is 22.1. The van der Waals surface area contributed by atoms with E-state index in [4.69, 9.17) is 4.99 Å². The molecule has 0 amide bonds. The fraction of sp³-hybridized carbons (Fsp3) is 0.212. The number of halogens is 1. The maximum Gasteiger partial charge on any atom is 0.326 e. The molecule has 0 saturated carbocycles. The van der Waals surface area contributed by atoms with Crippen LogP contribution in [0.15, 0.2) is 107 Å². The van der Waals surface area contributed by atoms with E-state index in [0.717, 1.165) is 65.3 Å². The minimum absolute atomic E-state index is 0.0158. The molecule has 1 atom stereocenters. The van der Waals surface area contributed by atoms with E-state index >= 15 is 0 Å². The zero-order valence-electron chi connectivity index (χ0n) is 22.1. The Balaban J connectivity index is 1.08. The number of aromatic nitrogens is 2. The number of nitrogens with one attached hydrogen (secondary N) is 1. The van der Waals surface area contributed by atoms with Crippen molar-refractivity contribution < 1.29 is 4.39 Å². The van der Waals surface area contributed by atoms with Crippen LogP contribution >= 0.6 is 0 Å². The second-order valence-corrected chi connectivity index (χ2v) is 10.6. The first-order valence-corrected chi connectivity index (χ1v) is 13.8. The summed E-state index contributed by atoms with van der Waals surface area (Å²) in [6.07, 6.45) is 3.65. The topological polar surface area (TPSA) is 56.6 Å². The summed E-state index contributed by atoms with van der Waals surface area (Å²) in [6, 6.07) is 31.7. The fourth-order valence-corrected chi connectivity index (χ4v) is 6.04. The number of hydrogen-bond acceptors (Lipinski definition) is 4. The van der Waals surface area contributed by atoms with Crippen molar-refractivity contribution in [2.24, 2.45) is 4.99 Å². The molecule has 5 aromatic rings. The van der Waals surface area contributed by atoms with E-state index in [1.165, 1.54) is 17.7 Å². The second-order valence-electron chi connectivity index (χ2n) is 10.6. The largest absolute Gasteiger partial charge is 0.326 e. The van der Waals surface area contributed by atoms with Gasteiger partial charge in [0.2, 0.25) is 0 Å². The van der Waals surface area contributed by atoms with Crippen molar-refractivity contribution in [3.05, 3.63) is 135 Å². The van der Waals surface area contributed by atoms with E-state index < -0.39 is 0 Å². The highest BCUT2D eigenvalue weighted by molar-refractivity contribution is 5.75. The van der Waals surface area contributed by atoms with Gasteiger partial charge in [0.1, 0.15) is 5.82 Å². The van der Waals surface area contributed by atoms with Crippen LogP contribution < -0.4 is 21.2 Å². The third-order valence-corrected chi connectivity index (χ3v) is 8.08. The molecule has 7 heteroatoms. The molecule has 1 N–H and O–H groups in total. The van der Waals surface area contributed by atoms with E-state index in [-0.39, 0.29) is 23.7 Å². The number of fused-ring (bicyclic) bond motifs is 2. The lowest BCUT2D eigenvalue weighted by Gasteiger charge is -2.33. The molecule has 7 rings (SSSR count). The summed E-state index contributed by atoms with van der Waals surface area (Å²) in [4.78, 5) is 25.2. The Morgan fingerprint density at radius 2 is 1.62 bits per heavy atom. The van der Waals surface area contributed by atoms with Gasteiger partial charge in [-0.2, -0.15) is 0 Å². The number of piperidine rings is 1. The van der Waals surface area contributed by atoms with Crippen LogP contribution in [0.2, 0.25) is 0 Å². The van der Waals surface area contributed by atoms with Crippen LogP contribution in [0.1, 0.15) is 36.2 Å². The number of rotatable bonds is 5. The Labute approximate surface area is 231 Å². The van der Waals surface area contributed by atoms with Gasteiger partial charge < -0.3 is 9.88 Å². The van der Waals surface area contributed by atoms with Crippen molar-refractivity contribution in [2.45, 2.75) is 31.6 Å². The first kappa shape index (κ1) is 24.5. The maximum atomic E-state index is 14.0. The molecule has 6 nitrogen and oxygen atoms in total. The predicted octanol–water partition coefficient (Wildman–Crippen LogP) is 4.88. The van der Waals surface area contributed by atoms with Crippen molar-refractivity contribution in [2.75, 3.05) is 18.0 Å². The highest BCUT2D eigenvalue weighted by Gasteiger charge is 2.24. The Hall–Kier alpha value is -4.49. The van der Waals surface area contributed by atoms with Gasteiger partial charge in [-0.1, -0.05) is 54.6 Å². The molecule has 200 valence electrons. The number of imidazole rings is 1. The van der Waals surface area contributed by atoms with E-state index in [9.17, 15) is 9.18 Å². The molecular formula is C33H30FN5O. The summed E-state index contributed by atoms with van der Waals surface area (Å²) in [5.41, 5.74) is 5.21. The second kappa shape index (κ2) is 10.2. The normalized spacial score (nSPS) is 17.8. The molecule has 1 aromatic heterocycles. The molecule has 3 heterocycles. The zero-order chi connectivity index (χ0) is 27.1. The number of hydrogen-bond donors (Lipinski definition) is 1. The lowest BCUT2D eigenvalue weighted by atomic mass is 10.0. The van der Waals surface area contributed by atoms with Crippen LogP contribution in [0, 0.1) is 5.82 Å². The first-order chi connectivity index (χ1) is 19.6. The SMILES string of the molecule is O=c1[nH]c2ccccc2n1C1CCN(Cc2ccc(C3N=c4ccc(F)cc4=CN3c3ccccc3)cc2)CC1. The molecule has 1 fully saturated rings. The Kier molecular flexibility index (Phi) is 6.28. The molecular weight excluding hydrogens is 501 g/mol. The number of benzene rings is 4. The molecule has 1 saturated heterocycles. The van der Waals surface area contributed by atoms with Crippen LogP contribution in [0.5, 0.6) is 0 Å². The highest BCUT2D eigenvalue weighted by atomic mass is 19.1. The molecule has 4 aromatic carbocycles. The van der Waals surface area contributed by atoms with E-state index in [2.05, 4.69) is 39.0 Å². The van der Waals surface area contributed by atoms with Gasteiger partial charge in [-0.15, -0.1) is 0 Å². The highest BCUT2D eigenvalue weighted by Crippen LogP contribution is 2.30. The van der Waals surface area contributed by atoms with Crippen molar-refractivity contribution in [3.8, 4) is 0 Å². The number of H-pyrrole nitrogens is 1. The summed E-state index contributed by atoms with van der Waals surface area (Å²) < 4.78 is 15.9. The minimum atomic E-state index is -0.265. The summed E-state index contributed by atoms with van der Waals surface area (Å²) >= 11 is 0. The number of aromatic amines is 1. The molecule has 1 unspecified atom stereocenters. The predicted molar refractivity (Wildman–Crippen MR) is 156 cm³/mol. The summed E-state index contributed by atoms with van der Waals surface area (Å²) in [6.45, 7) is 2.76. The van der Waals surface area contributed by atoms with E-state index in [1.54, 1.807) is 6.07 Å². The fourth-order valence-electron chi connectivity index (χ4n) is 6.04. The van der Waals surface area contributed by atoms with Crippen molar-refractivity contribution in [1.82, 2.24) is 14.5 Å². The lowest BCUT2D eigenvalue weighted by Crippen LogP contribution is -2.38.